The van der Waals surface area contributed by atoms with Gasteiger partial charge in [0.25, 0.3) is 0 Å². The standard InChI is InChI=1S/C13H18F3N3/c1-18-6-8-19(9-7-18)17-10-11-2-4-12(5-3-11)13(14,15)16/h2-5,17H,6-10H2,1H3. The molecule has 0 aromatic heterocycles. The highest BCUT2D eigenvalue weighted by Gasteiger charge is 2.29. The molecule has 0 spiro atoms. The number of rotatable bonds is 3. The number of piperazine rings is 1. The zero-order valence-corrected chi connectivity index (χ0v) is 10.9. The lowest BCUT2D eigenvalue weighted by atomic mass is 10.1. The van der Waals surface area contributed by atoms with Gasteiger partial charge in [-0.3, -0.25) is 5.43 Å². The van der Waals surface area contributed by atoms with E-state index in [0.29, 0.717) is 6.54 Å². The van der Waals surface area contributed by atoms with Crippen LogP contribution in [-0.2, 0) is 12.7 Å². The maximum Gasteiger partial charge on any atom is 0.416 e. The fourth-order valence-corrected chi connectivity index (χ4v) is 1.98. The third-order valence-electron chi connectivity index (χ3n) is 3.29. The third-order valence-corrected chi connectivity index (χ3v) is 3.29. The minimum absolute atomic E-state index is 0.557. The molecule has 0 saturated carbocycles. The predicted octanol–water partition coefficient (Wildman–Crippen LogP) is 1.96. The van der Waals surface area contributed by atoms with E-state index in [1.807, 2.05) is 0 Å². The second-order valence-corrected chi connectivity index (χ2v) is 4.82. The molecule has 0 amide bonds. The lowest BCUT2D eigenvalue weighted by Crippen LogP contribution is -2.50. The highest BCUT2D eigenvalue weighted by atomic mass is 19.4. The monoisotopic (exact) mass is 273 g/mol. The van der Waals surface area contributed by atoms with Gasteiger partial charge in [0.05, 0.1) is 5.56 Å². The number of likely N-dealkylation sites (N-methyl/N-ethyl adjacent to an activating group) is 1. The molecule has 1 aliphatic heterocycles. The number of benzene rings is 1. The summed E-state index contributed by atoms with van der Waals surface area (Å²) in [5, 5.41) is 2.11. The Hall–Kier alpha value is -1.11. The van der Waals surface area contributed by atoms with E-state index in [-0.39, 0.29) is 0 Å². The van der Waals surface area contributed by atoms with Crippen LogP contribution in [0, 0.1) is 0 Å². The number of hydrogen-bond acceptors (Lipinski definition) is 3. The maximum absolute atomic E-state index is 12.4. The van der Waals surface area contributed by atoms with Crippen LogP contribution in [0.2, 0.25) is 0 Å². The van der Waals surface area contributed by atoms with E-state index in [2.05, 4.69) is 22.4 Å². The SMILES string of the molecule is CN1CCN(NCc2ccc(C(F)(F)F)cc2)CC1. The average Bonchev–Trinajstić information content (AvgIpc) is 2.37. The Morgan fingerprint density at radius 3 is 2.16 bits per heavy atom. The number of nitrogens with zero attached hydrogens (tertiary/aromatic N) is 2. The molecule has 0 unspecified atom stereocenters. The zero-order chi connectivity index (χ0) is 13.9. The van der Waals surface area contributed by atoms with Crippen molar-refractivity contribution < 1.29 is 13.2 Å². The van der Waals surface area contributed by atoms with Crippen molar-refractivity contribution in [2.75, 3.05) is 33.2 Å². The molecule has 1 heterocycles. The van der Waals surface area contributed by atoms with E-state index in [1.165, 1.54) is 12.1 Å². The first kappa shape index (κ1) is 14.3. The summed E-state index contributed by atoms with van der Waals surface area (Å²) >= 11 is 0. The van der Waals surface area contributed by atoms with Crippen molar-refractivity contribution >= 4 is 0 Å². The summed E-state index contributed by atoms with van der Waals surface area (Å²) in [6, 6.07) is 5.29. The first-order chi connectivity index (χ1) is 8.95. The largest absolute Gasteiger partial charge is 0.416 e. The van der Waals surface area contributed by atoms with Gasteiger partial charge in [-0.1, -0.05) is 12.1 Å². The zero-order valence-electron chi connectivity index (χ0n) is 10.9. The van der Waals surface area contributed by atoms with Gasteiger partial charge >= 0.3 is 6.18 Å². The quantitative estimate of drug-likeness (QED) is 0.908. The lowest BCUT2D eigenvalue weighted by Gasteiger charge is -2.32. The van der Waals surface area contributed by atoms with Gasteiger partial charge in [0.2, 0.25) is 0 Å². The van der Waals surface area contributed by atoms with Crippen molar-refractivity contribution in [3.63, 3.8) is 0 Å². The van der Waals surface area contributed by atoms with Crippen molar-refractivity contribution in [3.8, 4) is 0 Å². The second kappa shape index (κ2) is 5.90. The molecule has 1 saturated heterocycles. The molecule has 6 heteroatoms. The van der Waals surface area contributed by atoms with Gasteiger partial charge in [-0.2, -0.15) is 13.2 Å². The molecule has 0 atom stereocenters. The summed E-state index contributed by atoms with van der Waals surface area (Å²) in [5.74, 6) is 0. The Morgan fingerprint density at radius 1 is 1.05 bits per heavy atom. The molecule has 0 bridgehead atoms. The molecule has 106 valence electrons. The Balaban J connectivity index is 1.83. The summed E-state index contributed by atoms with van der Waals surface area (Å²) in [4.78, 5) is 2.25. The van der Waals surface area contributed by atoms with Gasteiger partial charge in [0, 0.05) is 32.7 Å². The molecule has 0 aliphatic carbocycles. The average molecular weight is 273 g/mol. The summed E-state index contributed by atoms with van der Waals surface area (Å²) in [6.45, 7) is 4.41. The Labute approximate surface area is 111 Å². The smallest absolute Gasteiger partial charge is 0.304 e. The van der Waals surface area contributed by atoms with Crippen LogP contribution in [0.15, 0.2) is 24.3 Å². The maximum atomic E-state index is 12.4. The number of nitrogens with one attached hydrogen (secondary N) is 1. The van der Waals surface area contributed by atoms with E-state index in [9.17, 15) is 13.2 Å². The molecule has 3 nitrogen and oxygen atoms in total. The van der Waals surface area contributed by atoms with Gasteiger partial charge in [-0.25, -0.2) is 5.01 Å². The summed E-state index contributed by atoms with van der Waals surface area (Å²) < 4.78 is 37.2. The van der Waals surface area contributed by atoms with E-state index in [1.54, 1.807) is 0 Å². The van der Waals surface area contributed by atoms with Crippen LogP contribution in [0.1, 0.15) is 11.1 Å². The number of alkyl halides is 3. The number of hydrogen-bond donors (Lipinski definition) is 1. The molecule has 1 aliphatic rings. The van der Waals surface area contributed by atoms with Gasteiger partial charge in [0.1, 0.15) is 0 Å². The van der Waals surface area contributed by atoms with E-state index >= 15 is 0 Å². The topological polar surface area (TPSA) is 18.5 Å². The first-order valence-electron chi connectivity index (χ1n) is 6.28. The highest BCUT2D eigenvalue weighted by molar-refractivity contribution is 5.24. The molecule has 2 rings (SSSR count). The minimum atomic E-state index is -4.26. The Morgan fingerprint density at radius 2 is 1.63 bits per heavy atom. The van der Waals surface area contributed by atoms with Crippen LogP contribution in [0.4, 0.5) is 13.2 Å². The van der Waals surface area contributed by atoms with Crippen molar-refractivity contribution in [1.29, 1.82) is 0 Å². The van der Waals surface area contributed by atoms with Crippen LogP contribution >= 0.6 is 0 Å². The van der Waals surface area contributed by atoms with Gasteiger partial charge < -0.3 is 4.90 Å². The fourth-order valence-electron chi connectivity index (χ4n) is 1.98. The summed E-state index contributed by atoms with van der Waals surface area (Å²) in [6.07, 6.45) is -4.26. The molecule has 19 heavy (non-hydrogen) atoms. The number of hydrazine groups is 1. The normalized spacial score (nSPS) is 18.7. The molecular formula is C13H18F3N3. The van der Waals surface area contributed by atoms with Crippen molar-refractivity contribution in [2.45, 2.75) is 12.7 Å². The van der Waals surface area contributed by atoms with Crippen LogP contribution in [0.3, 0.4) is 0 Å². The Bertz CT molecular complexity index is 395. The van der Waals surface area contributed by atoms with E-state index in [4.69, 9.17) is 0 Å². The molecule has 1 aromatic carbocycles. The highest BCUT2D eigenvalue weighted by Crippen LogP contribution is 2.29. The lowest BCUT2D eigenvalue weighted by molar-refractivity contribution is -0.137. The Kier molecular flexibility index (Phi) is 4.44. The van der Waals surface area contributed by atoms with Crippen LogP contribution in [-0.4, -0.2) is 43.1 Å². The summed E-state index contributed by atoms with van der Waals surface area (Å²) in [7, 11) is 2.08. The number of halogens is 3. The van der Waals surface area contributed by atoms with Crippen LogP contribution in [0.25, 0.3) is 0 Å². The van der Waals surface area contributed by atoms with Gasteiger partial charge in [-0.15, -0.1) is 0 Å². The molecule has 1 N–H and O–H groups in total. The molecule has 1 aromatic rings. The fraction of sp³-hybridized carbons (Fsp3) is 0.538. The predicted molar refractivity (Wildman–Crippen MR) is 67.4 cm³/mol. The van der Waals surface area contributed by atoms with E-state index in [0.717, 1.165) is 43.9 Å². The summed E-state index contributed by atoms with van der Waals surface area (Å²) in [5.41, 5.74) is 3.49. The third kappa shape index (κ3) is 4.19. The van der Waals surface area contributed by atoms with Crippen molar-refractivity contribution in [1.82, 2.24) is 15.3 Å². The van der Waals surface area contributed by atoms with E-state index < -0.39 is 11.7 Å². The molecule has 0 radical (unpaired) electrons. The molecular weight excluding hydrogens is 255 g/mol. The van der Waals surface area contributed by atoms with Gasteiger partial charge in [0.15, 0.2) is 0 Å². The van der Waals surface area contributed by atoms with Crippen LogP contribution in [0.5, 0.6) is 0 Å². The van der Waals surface area contributed by atoms with Crippen LogP contribution < -0.4 is 5.43 Å². The second-order valence-electron chi connectivity index (χ2n) is 4.82. The van der Waals surface area contributed by atoms with Crippen molar-refractivity contribution in [2.24, 2.45) is 0 Å². The van der Waals surface area contributed by atoms with Crippen molar-refractivity contribution in [3.05, 3.63) is 35.4 Å². The minimum Gasteiger partial charge on any atom is -0.304 e. The molecule has 1 fully saturated rings. The van der Waals surface area contributed by atoms with Gasteiger partial charge in [-0.05, 0) is 24.7 Å². The first-order valence-corrected chi connectivity index (χ1v) is 6.28.